The molecule has 0 aromatic heterocycles. The van der Waals surface area contributed by atoms with Crippen molar-refractivity contribution in [2.24, 2.45) is 11.8 Å². The molecule has 2 unspecified atom stereocenters. The van der Waals surface area contributed by atoms with E-state index in [1.165, 1.54) is 19.3 Å². The molecule has 5 heteroatoms. The SMILES string of the molecule is CC1CCCC1CNS(=O)(=O)C1CCNCC1. The van der Waals surface area contributed by atoms with Gasteiger partial charge in [0, 0.05) is 6.54 Å². The Bertz CT molecular complexity index is 336. The topological polar surface area (TPSA) is 58.2 Å². The minimum Gasteiger partial charge on any atom is -0.317 e. The van der Waals surface area contributed by atoms with Crippen LogP contribution in [0.25, 0.3) is 0 Å². The van der Waals surface area contributed by atoms with Gasteiger partial charge in [-0.15, -0.1) is 0 Å². The normalized spacial score (nSPS) is 31.8. The number of sulfonamides is 1. The van der Waals surface area contributed by atoms with Crippen molar-refractivity contribution in [1.29, 1.82) is 0 Å². The van der Waals surface area contributed by atoms with Gasteiger partial charge in [-0.25, -0.2) is 13.1 Å². The molecule has 1 heterocycles. The second-order valence-corrected chi connectivity index (χ2v) is 7.56. The Morgan fingerprint density at radius 3 is 2.47 bits per heavy atom. The first-order valence-corrected chi connectivity index (χ1v) is 8.33. The molecule has 17 heavy (non-hydrogen) atoms. The summed E-state index contributed by atoms with van der Waals surface area (Å²) in [4.78, 5) is 0. The number of nitrogens with one attached hydrogen (secondary N) is 2. The third-order valence-corrected chi connectivity index (χ3v) is 6.23. The summed E-state index contributed by atoms with van der Waals surface area (Å²) in [6.45, 7) is 4.53. The summed E-state index contributed by atoms with van der Waals surface area (Å²) in [6, 6.07) is 0. The van der Waals surface area contributed by atoms with E-state index in [0.29, 0.717) is 18.4 Å². The maximum absolute atomic E-state index is 12.1. The van der Waals surface area contributed by atoms with Crippen molar-refractivity contribution in [3.8, 4) is 0 Å². The number of rotatable bonds is 4. The minimum atomic E-state index is -3.08. The molecule has 0 aromatic rings. The highest BCUT2D eigenvalue weighted by Crippen LogP contribution is 2.30. The smallest absolute Gasteiger partial charge is 0.214 e. The zero-order valence-electron chi connectivity index (χ0n) is 10.6. The predicted octanol–water partition coefficient (Wildman–Crippen LogP) is 1.09. The fourth-order valence-corrected chi connectivity index (χ4v) is 4.51. The lowest BCUT2D eigenvalue weighted by atomic mass is 9.99. The van der Waals surface area contributed by atoms with Crippen LogP contribution in [0.2, 0.25) is 0 Å². The van der Waals surface area contributed by atoms with Gasteiger partial charge >= 0.3 is 0 Å². The van der Waals surface area contributed by atoms with Crippen LogP contribution in [0.5, 0.6) is 0 Å². The molecule has 100 valence electrons. The summed E-state index contributed by atoms with van der Waals surface area (Å²) in [5, 5.41) is 3.02. The average molecular weight is 260 g/mol. The molecule has 0 amide bonds. The van der Waals surface area contributed by atoms with Crippen molar-refractivity contribution in [3.63, 3.8) is 0 Å². The maximum Gasteiger partial charge on any atom is 0.214 e. The molecule has 0 aromatic carbocycles. The first-order valence-electron chi connectivity index (χ1n) is 6.79. The van der Waals surface area contributed by atoms with Gasteiger partial charge in [0.1, 0.15) is 0 Å². The van der Waals surface area contributed by atoms with E-state index in [0.717, 1.165) is 25.9 Å². The summed E-state index contributed by atoms with van der Waals surface area (Å²) >= 11 is 0. The van der Waals surface area contributed by atoms with Gasteiger partial charge in [-0.1, -0.05) is 19.8 Å². The van der Waals surface area contributed by atoms with Crippen molar-refractivity contribution < 1.29 is 8.42 Å². The van der Waals surface area contributed by atoms with Crippen LogP contribution >= 0.6 is 0 Å². The highest BCUT2D eigenvalue weighted by atomic mass is 32.2. The van der Waals surface area contributed by atoms with E-state index in [1.807, 2.05) is 0 Å². The molecule has 4 nitrogen and oxygen atoms in total. The monoisotopic (exact) mass is 260 g/mol. The van der Waals surface area contributed by atoms with Crippen LogP contribution in [0.3, 0.4) is 0 Å². The van der Waals surface area contributed by atoms with Gasteiger partial charge in [0.2, 0.25) is 10.0 Å². The second kappa shape index (κ2) is 5.67. The zero-order valence-corrected chi connectivity index (χ0v) is 11.4. The third-order valence-electron chi connectivity index (χ3n) is 4.31. The van der Waals surface area contributed by atoms with E-state index in [-0.39, 0.29) is 5.25 Å². The quantitative estimate of drug-likeness (QED) is 0.795. The van der Waals surface area contributed by atoms with E-state index in [2.05, 4.69) is 17.0 Å². The molecule has 1 aliphatic heterocycles. The Kier molecular flexibility index (Phi) is 4.44. The van der Waals surface area contributed by atoms with E-state index >= 15 is 0 Å². The lowest BCUT2D eigenvalue weighted by Gasteiger charge is -2.24. The van der Waals surface area contributed by atoms with E-state index in [4.69, 9.17) is 0 Å². The van der Waals surface area contributed by atoms with Crippen molar-refractivity contribution >= 4 is 10.0 Å². The maximum atomic E-state index is 12.1. The van der Waals surface area contributed by atoms with Crippen molar-refractivity contribution in [1.82, 2.24) is 10.0 Å². The number of hydrogen-bond acceptors (Lipinski definition) is 3. The molecular weight excluding hydrogens is 236 g/mol. The molecule has 0 bridgehead atoms. The highest BCUT2D eigenvalue weighted by molar-refractivity contribution is 7.90. The predicted molar refractivity (Wildman–Crippen MR) is 69.3 cm³/mol. The van der Waals surface area contributed by atoms with Crippen LogP contribution in [-0.4, -0.2) is 33.3 Å². The first kappa shape index (κ1) is 13.3. The average Bonchev–Trinajstić information content (AvgIpc) is 2.74. The van der Waals surface area contributed by atoms with Gasteiger partial charge in [-0.2, -0.15) is 0 Å². The molecule has 0 radical (unpaired) electrons. The van der Waals surface area contributed by atoms with Crippen molar-refractivity contribution in [2.75, 3.05) is 19.6 Å². The molecule has 2 N–H and O–H groups in total. The van der Waals surface area contributed by atoms with Crippen LogP contribution in [0, 0.1) is 11.8 Å². The number of piperidine rings is 1. The summed E-state index contributed by atoms with van der Waals surface area (Å²) in [5.74, 6) is 1.22. The standard InChI is InChI=1S/C12H24N2O2S/c1-10-3-2-4-11(10)9-14-17(15,16)12-5-7-13-8-6-12/h10-14H,2-9H2,1H3. The second-order valence-electron chi connectivity index (χ2n) is 5.51. The molecule has 2 aliphatic rings. The Morgan fingerprint density at radius 1 is 1.18 bits per heavy atom. The molecule has 1 saturated carbocycles. The summed E-state index contributed by atoms with van der Waals surface area (Å²) < 4.78 is 27.1. The lowest BCUT2D eigenvalue weighted by Crippen LogP contribution is -2.43. The minimum absolute atomic E-state index is 0.180. The van der Waals surface area contributed by atoms with Gasteiger partial charge < -0.3 is 5.32 Å². The van der Waals surface area contributed by atoms with Gasteiger partial charge in [0.15, 0.2) is 0 Å². The lowest BCUT2D eigenvalue weighted by molar-refractivity contribution is 0.410. The first-order chi connectivity index (χ1) is 8.09. The molecular formula is C12H24N2O2S. The molecule has 2 rings (SSSR count). The molecule has 1 aliphatic carbocycles. The Hall–Kier alpha value is -0.130. The van der Waals surface area contributed by atoms with E-state index in [9.17, 15) is 8.42 Å². The van der Waals surface area contributed by atoms with Crippen LogP contribution in [0.4, 0.5) is 0 Å². The van der Waals surface area contributed by atoms with Crippen molar-refractivity contribution in [3.05, 3.63) is 0 Å². The van der Waals surface area contributed by atoms with E-state index < -0.39 is 10.0 Å². The molecule has 2 fully saturated rings. The van der Waals surface area contributed by atoms with E-state index in [1.54, 1.807) is 0 Å². The van der Waals surface area contributed by atoms with Gasteiger partial charge in [-0.05, 0) is 44.2 Å². The fourth-order valence-electron chi connectivity index (χ4n) is 2.97. The van der Waals surface area contributed by atoms with Crippen LogP contribution in [0.1, 0.15) is 39.0 Å². The van der Waals surface area contributed by atoms with Crippen LogP contribution in [0.15, 0.2) is 0 Å². The van der Waals surface area contributed by atoms with Gasteiger partial charge in [0.05, 0.1) is 5.25 Å². The molecule has 1 saturated heterocycles. The Balaban J connectivity index is 1.84. The number of hydrogen-bond donors (Lipinski definition) is 2. The Morgan fingerprint density at radius 2 is 1.88 bits per heavy atom. The Labute approximate surface area is 105 Å². The summed E-state index contributed by atoms with van der Waals surface area (Å²) in [6.07, 6.45) is 5.17. The zero-order chi connectivity index (χ0) is 12.3. The van der Waals surface area contributed by atoms with Crippen LogP contribution < -0.4 is 10.0 Å². The summed E-state index contributed by atoms with van der Waals surface area (Å²) in [5.41, 5.74) is 0. The molecule has 0 spiro atoms. The molecule has 2 atom stereocenters. The van der Waals surface area contributed by atoms with Crippen LogP contribution in [-0.2, 0) is 10.0 Å². The van der Waals surface area contributed by atoms with Gasteiger partial charge in [-0.3, -0.25) is 0 Å². The highest BCUT2D eigenvalue weighted by Gasteiger charge is 2.29. The largest absolute Gasteiger partial charge is 0.317 e. The van der Waals surface area contributed by atoms with Crippen molar-refractivity contribution in [2.45, 2.75) is 44.3 Å². The fraction of sp³-hybridized carbons (Fsp3) is 1.00. The summed E-state index contributed by atoms with van der Waals surface area (Å²) in [7, 11) is -3.08. The van der Waals surface area contributed by atoms with Gasteiger partial charge in [0.25, 0.3) is 0 Å². The third kappa shape index (κ3) is 3.42.